The summed E-state index contributed by atoms with van der Waals surface area (Å²) in [6.45, 7) is 2.47. The Labute approximate surface area is 219 Å². The summed E-state index contributed by atoms with van der Waals surface area (Å²) in [5, 5.41) is 16.2. The second-order valence-corrected chi connectivity index (χ2v) is 10.6. The number of carbonyl (C=O) groups excluding carboxylic acids is 1. The van der Waals surface area contributed by atoms with Crippen LogP contribution in [0.4, 0.5) is 14.9 Å². The maximum absolute atomic E-state index is 14.6. The minimum atomic E-state index is -1.38. The molecule has 2 unspecified atom stereocenters. The third kappa shape index (κ3) is 4.55. The molecule has 0 radical (unpaired) electrons. The van der Waals surface area contributed by atoms with Crippen molar-refractivity contribution in [1.29, 1.82) is 0 Å². The van der Waals surface area contributed by atoms with E-state index in [1.165, 1.54) is 18.2 Å². The summed E-state index contributed by atoms with van der Waals surface area (Å²) in [4.78, 5) is 26.1. The van der Waals surface area contributed by atoms with Crippen molar-refractivity contribution >= 4 is 17.7 Å². The summed E-state index contributed by atoms with van der Waals surface area (Å²) >= 11 is 0. The molecule has 2 N–H and O–H groups in total. The minimum Gasteiger partial charge on any atom is -0.478 e. The summed E-state index contributed by atoms with van der Waals surface area (Å²) in [7, 11) is 0. The van der Waals surface area contributed by atoms with E-state index in [-0.39, 0.29) is 23.9 Å². The number of amides is 2. The Morgan fingerprint density at radius 2 is 1.84 bits per heavy atom. The highest BCUT2D eigenvalue weighted by Gasteiger charge is 2.44. The maximum Gasteiger partial charge on any atom is 0.338 e. The summed E-state index contributed by atoms with van der Waals surface area (Å²) < 4.78 is 26.8. The van der Waals surface area contributed by atoms with Crippen molar-refractivity contribution in [2.24, 2.45) is 0 Å². The van der Waals surface area contributed by atoms with Gasteiger partial charge in [-0.1, -0.05) is 35.5 Å². The lowest BCUT2D eigenvalue weighted by Gasteiger charge is -2.38. The van der Waals surface area contributed by atoms with Crippen molar-refractivity contribution in [1.82, 2.24) is 10.1 Å². The number of benzene rings is 2. The zero-order valence-electron chi connectivity index (χ0n) is 21.2. The van der Waals surface area contributed by atoms with Crippen LogP contribution in [0.3, 0.4) is 0 Å². The highest BCUT2D eigenvalue weighted by Crippen LogP contribution is 2.45. The molecule has 2 bridgehead atoms. The molecular weight excluding hydrogens is 489 g/mol. The molecule has 6 rings (SSSR count). The molecule has 2 amide bonds. The number of carboxylic acid groups (broad SMARTS) is 1. The molecule has 3 aromatic rings. The maximum atomic E-state index is 14.6. The topological polar surface area (TPSA) is 105 Å². The highest BCUT2D eigenvalue weighted by molar-refractivity contribution is 5.94. The number of piperidine rings is 1. The molecule has 38 heavy (non-hydrogen) atoms. The Kier molecular flexibility index (Phi) is 6.39. The molecule has 1 saturated carbocycles. The number of aromatic nitrogens is 1. The molecule has 2 atom stereocenters. The van der Waals surface area contributed by atoms with E-state index >= 15 is 0 Å². The zero-order chi connectivity index (χ0) is 26.4. The summed E-state index contributed by atoms with van der Waals surface area (Å²) in [5.74, 6) is -0.988. The molecule has 0 spiro atoms. The third-order valence-electron chi connectivity index (χ3n) is 8.03. The summed E-state index contributed by atoms with van der Waals surface area (Å²) in [6.07, 6.45) is 5.26. The normalized spacial score (nSPS) is 22.5. The number of nitrogens with one attached hydrogen (secondary N) is 1. The first-order valence-electron chi connectivity index (χ1n) is 13.2. The molecule has 3 aliphatic rings. The van der Waals surface area contributed by atoms with Gasteiger partial charge in [0, 0.05) is 29.1 Å². The van der Waals surface area contributed by atoms with Crippen LogP contribution < -0.4 is 5.32 Å². The van der Waals surface area contributed by atoms with Crippen LogP contribution in [0.25, 0.3) is 11.3 Å². The lowest BCUT2D eigenvalue weighted by molar-refractivity contribution is -0.0158. The molecular formula is C29H30FN3O5. The molecule has 8 nitrogen and oxygen atoms in total. The number of fused-ring (bicyclic) bond motifs is 2. The van der Waals surface area contributed by atoms with Crippen LogP contribution in [0.1, 0.15) is 71.7 Å². The smallest absolute Gasteiger partial charge is 0.338 e. The van der Waals surface area contributed by atoms with Crippen molar-refractivity contribution in [2.45, 2.75) is 76.2 Å². The fraction of sp³-hybridized carbons (Fsp3) is 0.414. The Morgan fingerprint density at radius 1 is 1.11 bits per heavy atom. The van der Waals surface area contributed by atoms with Crippen LogP contribution in [-0.4, -0.2) is 45.4 Å². The van der Waals surface area contributed by atoms with Gasteiger partial charge in [0.05, 0.1) is 24.0 Å². The quantitative estimate of drug-likeness (QED) is 0.390. The number of nitrogens with zero attached hydrogens (tertiary/aromatic N) is 2. The van der Waals surface area contributed by atoms with Gasteiger partial charge in [-0.15, -0.1) is 0 Å². The zero-order valence-corrected chi connectivity index (χ0v) is 21.2. The van der Waals surface area contributed by atoms with E-state index in [2.05, 4.69) is 29.5 Å². The molecule has 9 heteroatoms. The van der Waals surface area contributed by atoms with Crippen LogP contribution in [0, 0.1) is 12.7 Å². The van der Waals surface area contributed by atoms with Gasteiger partial charge in [-0.25, -0.2) is 14.0 Å². The minimum absolute atomic E-state index is 0.0182. The van der Waals surface area contributed by atoms with Gasteiger partial charge in [0.25, 0.3) is 0 Å². The molecule has 3 fully saturated rings. The van der Waals surface area contributed by atoms with E-state index in [0.29, 0.717) is 25.4 Å². The van der Waals surface area contributed by atoms with Gasteiger partial charge < -0.3 is 24.6 Å². The molecule has 2 saturated heterocycles. The number of urea groups is 1. The fourth-order valence-electron chi connectivity index (χ4n) is 5.95. The van der Waals surface area contributed by atoms with Crippen LogP contribution in [0.2, 0.25) is 0 Å². The first-order chi connectivity index (χ1) is 18.4. The first kappa shape index (κ1) is 24.6. The van der Waals surface area contributed by atoms with E-state index in [0.717, 1.165) is 53.8 Å². The molecule has 3 heterocycles. The summed E-state index contributed by atoms with van der Waals surface area (Å²) in [5.41, 5.74) is 3.44. The van der Waals surface area contributed by atoms with Gasteiger partial charge >= 0.3 is 12.0 Å². The monoisotopic (exact) mass is 519 g/mol. The number of aryl methyl sites for hydroxylation is 1. The number of carboxylic acids is 1. The second-order valence-electron chi connectivity index (χ2n) is 10.6. The molecule has 2 aromatic carbocycles. The van der Waals surface area contributed by atoms with Crippen molar-refractivity contribution < 1.29 is 28.3 Å². The number of rotatable bonds is 7. The predicted molar refractivity (Wildman–Crippen MR) is 137 cm³/mol. The van der Waals surface area contributed by atoms with Crippen molar-refractivity contribution in [2.75, 3.05) is 5.32 Å². The van der Waals surface area contributed by atoms with Crippen LogP contribution in [0.15, 0.2) is 47.0 Å². The molecule has 1 aliphatic carbocycles. The number of anilines is 1. The largest absolute Gasteiger partial charge is 0.478 e. The molecule has 1 aromatic heterocycles. The average Bonchev–Trinajstić information content (AvgIpc) is 3.60. The Balaban J connectivity index is 1.14. The van der Waals surface area contributed by atoms with Crippen LogP contribution in [0.5, 0.6) is 0 Å². The Hall–Kier alpha value is -3.72. The van der Waals surface area contributed by atoms with Gasteiger partial charge in [0.1, 0.15) is 11.5 Å². The van der Waals surface area contributed by atoms with Crippen molar-refractivity contribution in [3.63, 3.8) is 0 Å². The molecule has 198 valence electrons. The second kappa shape index (κ2) is 9.87. The van der Waals surface area contributed by atoms with Gasteiger partial charge in [-0.3, -0.25) is 0 Å². The van der Waals surface area contributed by atoms with Crippen LogP contribution in [-0.2, 0) is 11.3 Å². The number of carbonyl (C=O) groups is 2. The van der Waals surface area contributed by atoms with Gasteiger partial charge in [-0.2, -0.15) is 0 Å². The van der Waals surface area contributed by atoms with Gasteiger partial charge in [0.15, 0.2) is 5.82 Å². The van der Waals surface area contributed by atoms with E-state index in [9.17, 15) is 19.1 Å². The first-order valence-corrected chi connectivity index (χ1v) is 13.2. The average molecular weight is 520 g/mol. The predicted octanol–water partition coefficient (Wildman–Crippen LogP) is 6.11. The summed E-state index contributed by atoms with van der Waals surface area (Å²) in [6, 6.07) is 11.6. The van der Waals surface area contributed by atoms with E-state index in [1.54, 1.807) is 4.90 Å². The number of hydrogen-bond donors (Lipinski definition) is 2. The van der Waals surface area contributed by atoms with Crippen molar-refractivity contribution in [3.8, 4) is 11.3 Å². The molecule has 2 aliphatic heterocycles. The highest BCUT2D eigenvalue weighted by atomic mass is 19.1. The third-order valence-corrected chi connectivity index (χ3v) is 8.03. The van der Waals surface area contributed by atoms with Gasteiger partial charge in [-0.05, 0) is 63.1 Å². The number of ether oxygens (including phenoxy) is 1. The SMILES string of the molecule is Cc1ccccc1-c1noc(C2CC2)c1COC1CC2CCC(C1)N2C(=O)Nc1cccc(C(=O)O)c1F. The van der Waals surface area contributed by atoms with E-state index in [1.807, 2.05) is 12.1 Å². The van der Waals surface area contributed by atoms with Crippen LogP contribution >= 0.6 is 0 Å². The lowest BCUT2D eigenvalue weighted by Crippen LogP contribution is -2.50. The Morgan fingerprint density at radius 3 is 2.53 bits per heavy atom. The Bertz CT molecular complexity index is 1370. The number of aromatic carboxylic acids is 1. The lowest BCUT2D eigenvalue weighted by atomic mass is 9.99. The standard InChI is InChI=1S/C29H30FN3O5/c1-16-5-2-3-6-21(16)26-23(27(38-32-26)17-9-10-17)15-37-20-13-18-11-12-19(14-20)33(18)29(36)31-24-8-4-7-22(25(24)30)28(34)35/h2-8,17-20H,9-15H2,1H3,(H,31,36)(H,34,35). The van der Waals surface area contributed by atoms with Crippen molar-refractivity contribution in [3.05, 3.63) is 70.7 Å². The number of hydrogen-bond acceptors (Lipinski definition) is 5. The number of halogens is 1. The van der Waals surface area contributed by atoms with Gasteiger partial charge in [0.2, 0.25) is 0 Å². The van der Waals surface area contributed by atoms with E-state index < -0.39 is 23.4 Å². The fourth-order valence-corrected chi connectivity index (χ4v) is 5.95. The van der Waals surface area contributed by atoms with E-state index in [4.69, 9.17) is 9.26 Å².